The van der Waals surface area contributed by atoms with E-state index in [0.29, 0.717) is 19.3 Å². The number of carbonyl (C=O) groups excluding carboxylic acids is 3. The van der Waals surface area contributed by atoms with Gasteiger partial charge in [-0.3, -0.25) is 14.4 Å². The predicted octanol–water partition coefficient (Wildman–Crippen LogP) is 17.1. The molecule has 0 fully saturated rings. The van der Waals surface area contributed by atoms with Crippen molar-refractivity contribution >= 4 is 17.9 Å². The minimum Gasteiger partial charge on any atom is -0.462 e. The molecule has 0 aromatic rings. The van der Waals surface area contributed by atoms with E-state index in [1.54, 1.807) is 0 Å². The summed E-state index contributed by atoms with van der Waals surface area (Å²) in [6.07, 6.45) is 73.0. The van der Waals surface area contributed by atoms with Crippen LogP contribution in [0.4, 0.5) is 0 Å². The molecule has 0 bridgehead atoms. The van der Waals surface area contributed by atoms with E-state index in [1.807, 2.05) is 0 Å². The molecule has 0 rings (SSSR count). The van der Waals surface area contributed by atoms with Gasteiger partial charge in [0, 0.05) is 19.3 Å². The summed E-state index contributed by atoms with van der Waals surface area (Å²) in [5.41, 5.74) is 0. The molecule has 0 aliphatic heterocycles. The molecule has 1 atom stereocenters. The van der Waals surface area contributed by atoms with Crippen molar-refractivity contribution in [2.45, 2.75) is 207 Å². The third kappa shape index (κ3) is 50.4. The predicted molar refractivity (Wildman–Crippen MR) is 279 cm³/mol. The molecule has 0 saturated carbocycles. The molecule has 0 N–H and O–H groups in total. The summed E-state index contributed by atoms with van der Waals surface area (Å²) in [5.74, 6) is -1.04. The van der Waals surface area contributed by atoms with Crippen LogP contribution in [0.5, 0.6) is 0 Å². The van der Waals surface area contributed by atoms with Gasteiger partial charge in [0.1, 0.15) is 13.2 Å². The van der Waals surface area contributed by atoms with Crippen molar-refractivity contribution in [2.75, 3.05) is 13.2 Å². The maximum atomic E-state index is 12.8. The fourth-order valence-electron chi connectivity index (χ4n) is 6.36. The van der Waals surface area contributed by atoms with E-state index < -0.39 is 6.10 Å². The number of carbonyl (C=O) groups is 3. The van der Waals surface area contributed by atoms with Gasteiger partial charge in [0.05, 0.1) is 0 Å². The number of unbranched alkanes of at least 4 members (excludes halogenated alkanes) is 11. The van der Waals surface area contributed by atoms with Gasteiger partial charge in [-0.2, -0.15) is 0 Å². The lowest BCUT2D eigenvalue weighted by molar-refractivity contribution is -0.167. The monoisotopic (exact) mass is 897 g/mol. The van der Waals surface area contributed by atoms with Crippen molar-refractivity contribution in [1.29, 1.82) is 0 Å². The molecule has 0 aromatic heterocycles. The Balaban J connectivity index is 4.52. The highest BCUT2D eigenvalue weighted by atomic mass is 16.6. The van der Waals surface area contributed by atoms with Crippen LogP contribution < -0.4 is 0 Å². The minimum absolute atomic E-state index is 0.118. The molecule has 364 valence electrons. The van der Waals surface area contributed by atoms with Crippen molar-refractivity contribution in [3.05, 3.63) is 134 Å². The Morgan fingerprint density at radius 2 is 0.615 bits per heavy atom. The van der Waals surface area contributed by atoms with Crippen LogP contribution in [0.3, 0.4) is 0 Å². The normalized spacial score (nSPS) is 13.2. The Labute approximate surface area is 398 Å². The van der Waals surface area contributed by atoms with E-state index in [4.69, 9.17) is 14.2 Å². The second-order valence-corrected chi connectivity index (χ2v) is 16.3. The Morgan fingerprint density at radius 1 is 0.323 bits per heavy atom. The first-order valence-corrected chi connectivity index (χ1v) is 25.7. The van der Waals surface area contributed by atoms with Crippen molar-refractivity contribution in [3.8, 4) is 0 Å². The molecule has 0 aliphatic carbocycles. The molecule has 0 amide bonds. The van der Waals surface area contributed by atoms with Crippen molar-refractivity contribution in [1.82, 2.24) is 0 Å². The molecule has 0 spiro atoms. The van der Waals surface area contributed by atoms with Gasteiger partial charge in [-0.1, -0.05) is 206 Å². The smallest absolute Gasteiger partial charge is 0.306 e. The van der Waals surface area contributed by atoms with Crippen molar-refractivity contribution < 1.29 is 28.6 Å². The molecule has 0 saturated heterocycles. The van der Waals surface area contributed by atoms with Crippen LogP contribution in [-0.4, -0.2) is 37.2 Å². The Hall–Kier alpha value is -4.45. The second kappa shape index (κ2) is 52.2. The summed E-state index contributed by atoms with van der Waals surface area (Å²) >= 11 is 0. The van der Waals surface area contributed by atoms with E-state index in [-0.39, 0.29) is 44.0 Å². The number of hydrogen-bond donors (Lipinski definition) is 0. The molecule has 0 radical (unpaired) electrons. The van der Waals surface area contributed by atoms with Crippen LogP contribution in [0.2, 0.25) is 0 Å². The van der Waals surface area contributed by atoms with E-state index >= 15 is 0 Å². The van der Waals surface area contributed by atoms with Crippen molar-refractivity contribution in [2.24, 2.45) is 0 Å². The standard InChI is InChI=1S/C59H92O6/c1-4-7-10-13-16-19-21-23-25-27-28-29-30-32-33-35-37-40-43-46-49-52-58(61)64-55-56(54-63-57(60)51-48-45-42-39-18-15-12-9-6-3)65-59(62)53-50-47-44-41-38-36-34-31-26-24-22-20-17-14-11-8-5-2/h7-8,10-11,16-17,19-20,23-26,28-29,32-34,36-37,40-41,44,56H,4-6,9,12-15,18,21-22,27,30-31,35,38-39,42-43,45-55H2,1-3H3/b10-7-,11-8-,19-16-,20-17-,25-23-,26-24-,29-28-,33-32-,36-34-,40-37-,44-41-. The Kier molecular flexibility index (Phi) is 48.6. The molecular weight excluding hydrogens is 805 g/mol. The Morgan fingerprint density at radius 3 is 0.985 bits per heavy atom. The van der Waals surface area contributed by atoms with Gasteiger partial charge in [0.15, 0.2) is 6.10 Å². The summed E-state index contributed by atoms with van der Waals surface area (Å²) < 4.78 is 16.7. The van der Waals surface area contributed by atoms with E-state index in [0.717, 1.165) is 109 Å². The highest BCUT2D eigenvalue weighted by molar-refractivity contribution is 5.71. The Bertz CT molecular complexity index is 1450. The lowest BCUT2D eigenvalue weighted by Gasteiger charge is -2.18. The quantitative estimate of drug-likeness (QED) is 0.0262. The van der Waals surface area contributed by atoms with Gasteiger partial charge < -0.3 is 14.2 Å². The number of ether oxygens (including phenoxy) is 3. The second-order valence-electron chi connectivity index (χ2n) is 16.3. The largest absolute Gasteiger partial charge is 0.462 e. The average Bonchev–Trinajstić information content (AvgIpc) is 3.30. The average molecular weight is 897 g/mol. The number of hydrogen-bond acceptors (Lipinski definition) is 6. The topological polar surface area (TPSA) is 78.9 Å². The fourth-order valence-corrected chi connectivity index (χ4v) is 6.36. The number of allylic oxidation sites excluding steroid dienone is 22. The van der Waals surface area contributed by atoms with Crippen molar-refractivity contribution in [3.63, 3.8) is 0 Å². The van der Waals surface area contributed by atoms with Gasteiger partial charge >= 0.3 is 17.9 Å². The molecule has 0 heterocycles. The van der Waals surface area contributed by atoms with Crippen LogP contribution in [-0.2, 0) is 28.6 Å². The van der Waals surface area contributed by atoms with Gasteiger partial charge in [0.2, 0.25) is 0 Å². The lowest BCUT2D eigenvalue weighted by Crippen LogP contribution is -2.30. The van der Waals surface area contributed by atoms with Crippen LogP contribution in [0.15, 0.2) is 134 Å². The van der Waals surface area contributed by atoms with Gasteiger partial charge in [-0.05, 0) is 109 Å². The zero-order valence-corrected chi connectivity index (χ0v) is 41.4. The molecule has 1 unspecified atom stereocenters. The van der Waals surface area contributed by atoms with E-state index in [2.05, 4.69) is 154 Å². The maximum absolute atomic E-state index is 12.8. The third-order valence-corrected chi connectivity index (χ3v) is 10.2. The first-order chi connectivity index (χ1) is 32.0. The first kappa shape index (κ1) is 60.5. The fraction of sp³-hybridized carbons (Fsp3) is 0.576. The lowest BCUT2D eigenvalue weighted by atomic mass is 10.1. The number of esters is 3. The highest BCUT2D eigenvalue weighted by Crippen LogP contribution is 2.12. The molecule has 0 aromatic carbocycles. The van der Waals surface area contributed by atoms with Crippen LogP contribution in [0, 0.1) is 0 Å². The SMILES string of the molecule is CC/C=C\C/C=C\C/C=C\C/C=C\C/C=C\C/C=C\CCCCC(=O)OCC(COC(=O)CCCCCCCCCCC)OC(=O)CCC/C=C\C/C=C\C/C=C\C/C=C\C/C=C\CC. The minimum atomic E-state index is -0.828. The molecular formula is C59H92O6. The molecule has 6 nitrogen and oxygen atoms in total. The van der Waals surface area contributed by atoms with Gasteiger partial charge in [-0.25, -0.2) is 0 Å². The van der Waals surface area contributed by atoms with E-state index in [1.165, 1.54) is 38.5 Å². The van der Waals surface area contributed by atoms with Gasteiger partial charge in [-0.15, -0.1) is 0 Å². The third-order valence-electron chi connectivity index (χ3n) is 10.2. The van der Waals surface area contributed by atoms with Gasteiger partial charge in [0.25, 0.3) is 0 Å². The van der Waals surface area contributed by atoms with E-state index in [9.17, 15) is 14.4 Å². The zero-order valence-electron chi connectivity index (χ0n) is 41.4. The summed E-state index contributed by atoms with van der Waals surface area (Å²) in [6.45, 7) is 6.28. The highest BCUT2D eigenvalue weighted by Gasteiger charge is 2.19. The summed E-state index contributed by atoms with van der Waals surface area (Å²) in [7, 11) is 0. The summed E-state index contributed by atoms with van der Waals surface area (Å²) in [5, 5.41) is 0. The van der Waals surface area contributed by atoms with Crippen LogP contribution >= 0.6 is 0 Å². The summed E-state index contributed by atoms with van der Waals surface area (Å²) in [6, 6.07) is 0. The maximum Gasteiger partial charge on any atom is 0.306 e. The van der Waals surface area contributed by atoms with Crippen LogP contribution in [0.25, 0.3) is 0 Å². The zero-order chi connectivity index (χ0) is 47.2. The number of rotatable bonds is 44. The molecule has 65 heavy (non-hydrogen) atoms. The van der Waals surface area contributed by atoms with Crippen LogP contribution in [0.1, 0.15) is 201 Å². The molecule has 0 aliphatic rings. The first-order valence-electron chi connectivity index (χ1n) is 25.7. The molecule has 6 heteroatoms. The summed E-state index contributed by atoms with van der Waals surface area (Å²) in [4.78, 5) is 37.9.